The van der Waals surface area contributed by atoms with Crippen molar-refractivity contribution in [2.24, 2.45) is 0 Å². The van der Waals surface area contributed by atoms with Crippen molar-refractivity contribution < 1.29 is 14.3 Å². The van der Waals surface area contributed by atoms with Gasteiger partial charge in [0.05, 0.1) is 0 Å². The molecule has 2 heterocycles. The third-order valence-corrected chi connectivity index (χ3v) is 5.58. The van der Waals surface area contributed by atoms with E-state index in [-0.39, 0.29) is 18.0 Å². The van der Waals surface area contributed by atoms with Crippen LogP contribution in [-0.4, -0.2) is 65.2 Å². The second kappa shape index (κ2) is 7.52. The molecule has 25 heavy (non-hydrogen) atoms. The maximum Gasteiger partial charge on any atom is 0.410 e. The summed E-state index contributed by atoms with van der Waals surface area (Å²) < 4.78 is 5.50. The van der Waals surface area contributed by atoms with E-state index in [4.69, 9.17) is 4.74 Å². The third-order valence-electron chi connectivity index (χ3n) is 5.58. The Bertz CT molecular complexity index is 497. The second-order valence-corrected chi connectivity index (χ2v) is 8.82. The van der Waals surface area contributed by atoms with Gasteiger partial charge in [-0.2, -0.15) is 0 Å². The van der Waals surface area contributed by atoms with Gasteiger partial charge in [-0.25, -0.2) is 4.79 Å². The van der Waals surface area contributed by atoms with Crippen molar-refractivity contribution in [1.82, 2.24) is 15.1 Å². The van der Waals surface area contributed by atoms with Gasteiger partial charge in [0.2, 0.25) is 5.91 Å². The molecule has 142 valence electrons. The molecule has 6 heteroatoms. The molecule has 1 saturated carbocycles. The molecule has 2 bridgehead atoms. The maximum absolute atomic E-state index is 12.3. The monoisotopic (exact) mass is 351 g/mol. The lowest BCUT2D eigenvalue weighted by molar-refractivity contribution is -0.122. The van der Waals surface area contributed by atoms with Gasteiger partial charge in [-0.15, -0.1) is 0 Å². The van der Waals surface area contributed by atoms with Crippen LogP contribution >= 0.6 is 0 Å². The smallest absolute Gasteiger partial charge is 0.410 e. The Morgan fingerprint density at radius 2 is 1.80 bits per heavy atom. The molecule has 2 saturated heterocycles. The molecule has 1 N–H and O–H groups in total. The van der Waals surface area contributed by atoms with E-state index in [1.807, 2.05) is 25.7 Å². The predicted molar refractivity (Wildman–Crippen MR) is 96.3 cm³/mol. The third kappa shape index (κ3) is 4.87. The second-order valence-electron chi connectivity index (χ2n) is 8.82. The minimum absolute atomic E-state index is 0.179. The molecule has 0 aromatic carbocycles. The summed E-state index contributed by atoms with van der Waals surface area (Å²) in [7, 11) is 0. The fraction of sp³-hybridized carbons (Fsp3) is 0.895. The van der Waals surface area contributed by atoms with Crippen LogP contribution in [0.25, 0.3) is 0 Å². The molecular formula is C19H33N3O3. The molecule has 1 aliphatic carbocycles. The van der Waals surface area contributed by atoms with Crippen LogP contribution in [0.15, 0.2) is 0 Å². The van der Waals surface area contributed by atoms with E-state index < -0.39 is 5.60 Å². The van der Waals surface area contributed by atoms with Gasteiger partial charge < -0.3 is 15.0 Å². The number of nitrogens with one attached hydrogen (secondary N) is 1. The molecule has 2 atom stereocenters. The van der Waals surface area contributed by atoms with Gasteiger partial charge in [0.15, 0.2) is 0 Å². The number of nitrogens with zero attached hydrogens (tertiary/aromatic N) is 2. The van der Waals surface area contributed by atoms with Gasteiger partial charge in [-0.05, 0) is 40.0 Å². The zero-order valence-corrected chi connectivity index (χ0v) is 15.9. The molecule has 3 fully saturated rings. The van der Waals surface area contributed by atoms with Crippen molar-refractivity contribution >= 4 is 12.0 Å². The van der Waals surface area contributed by atoms with Crippen LogP contribution in [0.3, 0.4) is 0 Å². The lowest BCUT2D eigenvalue weighted by atomic mass is 9.95. The average molecular weight is 351 g/mol. The van der Waals surface area contributed by atoms with E-state index in [9.17, 15) is 9.59 Å². The normalized spacial score (nSPS) is 27.6. The van der Waals surface area contributed by atoms with E-state index in [0.717, 1.165) is 38.9 Å². The van der Waals surface area contributed by atoms with Gasteiger partial charge in [0.25, 0.3) is 0 Å². The first kappa shape index (κ1) is 18.5. The van der Waals surface area contributed by atoms with E-state index in [0.29, 0.717) is 18.5 Å². The van der Waals surface area contributed by atoms with E-state index in [1.165, 1.54) is 19.3 Å². The topological polar surface area (TPSA) is 61.9 Å². The number of carbonyl (C=O) groups excluding carboxylic acids is 2. The Balaban J connectivity index is 1.39. The van der Waals surface area contributed by atoms with Crippen LogP contribution in [0.2, 0.25) is 0 Å². The van der Waals surface area contributed by atoms with E-state index in [2.05, 4.69) is 10.2 Å². The van der Waals surface area contributed by atoms with Crippen molar-refractivity contribution in [1.29, 1.82) is 0 Å². The van der Waals surface area contributed by atoms with Crippen molar-refractivity contribution in [2.75, 3.05) is 19.6 Å². The largest absolute Gasteiger partial charge is 0.444 e. The molecule has 6 nitrogen and oxygen atoms in total. The Hall–Kier alpha value is -1.30. The number of piperazine rings is 1. The number of likely N-dealkylation sites (tertiary alicyclic amines) is 2. The Morgan fingerprint density at radius 1 is 1.08 bits per heavy atom. The molecule has 2 amide bonds. The maximum atomic E-state index is 12.3. The first-order chi connectivity index (χ1) is 11.8. The average Bonchev–Trinajstić information content (AvgIpc) is 3.12. The fourth-order valence-electron chi connectivity index (χ4n) is 4.36. The zero-order chi connectivity index (χ0) is 18.0. The van der Waals surface area contributed by atoms with Crippen LogP contribution in [0, 0.1) is 0 Å². The lowest BCUT2D eigenvalue weighted by Gasteiger charge is -2.35. The van der Waals surface area contributed by atoms with Gasteiger partial charge in [0, 0.05) is 44.2 Å². The molecule has 0 aromatic heterocycles. The Morgan fingerprint density at radius 3 is 2.40 bits per heavy atom. The van der Waals surface area contributed by atoms with Crippen LogP contribution in [0.1, 0.15) is 65.7 Å². The minimum Gasteiger partial charge on any atom is -0.444 e. The van der Waals surface area contributed by atoms with Crippen LogP contribution < -0.4 is 5.32 Å². The molecule has 2 aliphatic heterocycles. The molecule has 0 unspecified atom stereocenters. The van der Waals surface area contributed by atoms with Crippen LogP contribution in [0.4, 0.5) is 4.79 Å². The summed E-state index contributed by atoms with van der Waals surface area (Å²) in [4.78, 5) is 28.7. The first-order valence-electron chi connectivity index (χ1n) is 9.85. The highest BCUT2D eigenvalue weighted by molar-refractivity contribution is 5.76. The highest BCUT2D eigenvalue weighted by Crippen LogP contribution is 2.31. The summed E-state index contributed by atoms with van der Waals surface area (Å²) in [5.74, 6) is 0.179. The standard InChI is InChI=1S/C19H33N3O3/c1-19(2,3)25-18(24)22-13-15-11-16(22)12-21(15)10-9-17(23)20-14-7-5-4-6-8-14/h14-16H,4-13H2,1-3H3,(H,20,23)/t15-,16-/m0/s1. The molecule has 0 aromatic rings. The molecular weight excluding hydrogens is 318 g/mol. The molecule has 3 aliphatic rings. The van der Waals surface area contributed by atoms with Crippen molar-refractivity contribution in [3.8, 4) is 0 Å². The van der Waals surface area contributed by atoms with Crippen LogP contribution in [-0.2, 0) is 9.53 Å². The lowest BCUT2D eigenvalue weighted by Crippen LogP contribution is -2.50. The van der Waals surface area contributed by atoms with Crippen molar-refractivity contribution in [3.05, 3.63) is 0 Å². The van der Waals surface area contributed by atoms with Crippen molar-refractivity contribution in [2.45, 2.75) is 89.4 Å². The summed E-state index contributed by atoms with van der Waals surface area (Å²) in [6.07, 6.45) is 7.40. The highest BCUT2D eigenvalue weighted by atomic mass is 16.6. The van der Waals surface area contributed by atoms with Gasteiger partial charge in [0.1, 0.15) is 5.60 Å². The number of amides is 2. The highest BCUT2D eigenvalue weighted by Gasteiger charge is 2.46. The van der Waals surface area contributed by atoms with Gasteiger partial charge in [-0.1, -0.05) is 19.3 Å². The summed E-state index contributed by atoms with van der Waals surface area (Å²) in [5.41, 5.74) is -0.449. The van der Waals surface area contributed by atoms with E-state index in [1.54, 1.807) is 0 Å². The summed E-state index contributed by atoms with van der Waals surface area (Å²) in [6.45, 7) is 8.08. The fourth-order valence-corrected chi connectivity index (χ4v) is 4.36. The van der Waals surface area contributed by atoms with Gasteiger partial charge >= 0.3 is 6.09 Å². The quantitative estimate of drug-likeness (QED) is 0.845. The van der Waals surface area contributed by atoms with Crippen LogP contribution in [0.5, 0.6) is 0 Å². The van der Waals surface area contributed by atoms with Crippen molar-refractivity contribution in [3.63, 3.8) is 0 Å². The number of hydrogen-bond donors (Lipinski definition) is 1. The molecule has 0 spiro atoms. The number of fused-ring (bicyclic) bond motifs is 2. The van der Waals surface area contributed by atoms with E-state index >= 15 is 0 Å². The minimum atomic E-state index is -0.449. The number of ether oxygens (including phenoxy) is 1. The molecule has 0 radical (unpaired) electrons. The summed E-state index contributed by atoms with van der Waals surface area (Å²) in [6, 6.07) is 1.00. The number of hydrogen-bond acceptors (Lipinski definition) is 4. The summed E-state index contributed by atoms with van der Waals surface area (Å²) in [5, 5.41) is 3.19. The summed E-state index contributed by atoms with van der Waals surface area (Å²) >= 11 is 0. The number of carbonyl (C=O) groups is 2. The SMILES string of the molecule is CC(C)(C)OC(=O)N1C[C@@H]2C[C@H]1CN2CCC(=O)NC1CCCCC1. The first-order valence-corrected chi connectivity index (χ1v) is 9.85. The predicted octanol–water partition coefficient (Wildman–Crippen LogP) is 2.52. The van der Waals surface area contributed by atoms with Gasteiger partial charge in [-0.3, -0.25) is 9.69 Å². The Kier molecular flexibility index (Phi) is 5.56. The zero-order valence-electron chi connectivity index (χ0n) is 15.9. The number of rotatable bonds is 4. The Labute approximate surface area is 151 Å². The molecule has 3 rings (SSSR count).